The molecule has 2 aromatic heterocycles. The summed E-state index contributed by atoms with van der Waals surface area (Å²) in [6.45, 7) is 3.23. The topological polar surface area (TPSA) is 78.1 Å². The number of hydrogen-bond donors (Lipinski definition) is 1. The summed E-state index contributed by atoms with van der Waals surface area (Å²) in [6, 6.07) is 6.79. The molecular formula is C30H32F3N3O2. The summed E-state index contributed by atoms with van der Waals surface area (Å²) in [5.41, 5.74) is 7.42. The highest BCUT2D eigenvalue weighted by Gasteiger charge is 2.28. The van der Waals surface area contributed by atoms with Gasteiger partial charge in [-0.3, -0.25) is 9.78 Å². The van der Waals surface area contributed by atoms with Crippen molar-refractivity contribution in [1.29, 1.82) is 0 Å². The maximum Gasteiger partial charge on any atom is 0.185 e. The first-order chi connectivity index (χ1) is 18.3. The summed E-state index contributed by atoms with van der Waals surface area (Å²) in [4.78, 5) is 21.6. The third-order valence-electron chi connectivity index (χ3n) is 7.84. The number of nitrogens with zero attached hydrogens (tertiary/aromatic N) is 2. The van der Waals surface area contributed by atoms with Crippen LogP contribution in [0.15, 0.2) is 42.7 Å². The van der Waals surface area contributed by atoms with Gasteiger partial charge in [0.1, 0.15) is 28.8 Å². The van der Waals surface area contributed by atoms with E-state index in [9.17, 15) is 9.18 Å². The average molecular weight is 524 g/mol. The number of nitrogens with two attached hydrogens (primary N) is 1. The molecule has 0 bridgehead atoms. The maximum absolute atomic E-state index is 15.2. The largest absolute Gasteiger partial charge is 0.381 e. The highest BCUT2D eigenvalue weighted by Crippen LogP contribution is 2.37. The Morgan fingerprint density at radius 3 is 2.45 bits per heavy atom. The molecule has 0 spiro atoms. The summed E-state index contributed by atoms with van der Waals surface area (Å²) in [6.07, 6.45) is 7.47. The quantitative estimate of drug-likeness (QED) is 0.395. The Morgan fingerprint density at radius 2 is 1.74 bits per heavy atom. The molecule has 5 nitrogen and oxygen atoms in total. The highest BCUT2D eigenvalue weighted by atomic mass is 19.1. The molecule has 0 amide bonds. The van der Waals surface area contributed by atoms with Crippen molar-refractivity contribution in [1.82, 2.24) is 9.97 Å². The van der Waals surface area contributed by atoms with Gasteiger partial charge in [-0.25, -0.2) is 18.2 Å². The molecule has 8 heteroatoms. The number of Topliss-reactive ketones (excluding diaryl/α,β-unsaturated/α-hetero) is 1. The van der Waals surface area contributed by atoms with Crippen LogP contribution in [0.25, 0.3) is 11.3 Å². The van der Waals surface area contributed by atoms with Gasteiger partial charge in [0.05, 0.1) is 5.56 Å². The van der Waals surface area contributed by atoms with E-state index in [1.54, 1.807) is 12.4 Å². The van der Waals surface area contributed by atoms with Crippen LogP contribution < -0.4 is 5.73 Å². The van der Waals surface area contributed by atoms with Crippen molar-refractivity contribution in [3.63, 3.8) is 0 Å². The van der Waals surface area contributed by atoms with Crippen LogP contribution in [0.5, 0.6) is 0 Å². The Morgan fingerprint density at radius 1 is 1.00 bits per heavy atom. The monoisotopic (exact) mass is 523 g/mol. The number of hydrogen-bond acceptors (Lipinski definition) is 5. The molecule has 1 saturated heterocycles. The molecule has 1 aliphatic heterocycles. The minimum atomic E-state index is -0.903. The minimum absolute atomic E-state index is 0.00494. The third kappa shape index (κ3) is 5.66. The van der Waals surface area contributed by atoms with Gasteiger partial charge in [0.15, 0.2) is 5.78 Å². The number of benzene rings is 1. The zero-order valence-electron chi connectivity index (χ0n) is 21.4. The van der Waals surface area contributed by atoms with Crippen molar-refractivity contribution in [3.05, 3.63) is 82.6 Å². The van der Waals surface area contributed by atoms with Crippen molar-refractivity contribution in [3.8, 4) is 11.3 Å². The molecule has 2 aliphatic rings. The van der Waals surface area contributed by atoms with E-state index in [1.807, 2.05) is 6.07 Å². The molecule has 0 radical (unpaired) electrons. The van der Waals surface area contributed by atoms with Crippen molar-refractivity contribution in [2.75, 3.05) is 13.2 Å². The van der Waals surface area contributed by atoms with Crippen LogP contribution in [0.2, 0.25) is 0 Å². The fraction of sp³-hybridized carbons (Fsp3) is 0.433. The van der Waals surface area contributed by atoms with E-state index in [-0.39, 0.29) is 35.8 Å². The van der Waals surface area contributed by atoms with Crippen molar-refractivity contribution in [2.24, 2.45) is 11.7 Å². The minimum Gasteiger partial charge on any atom is -0.381 e. The fourth-order valence-corrected chi connectivity index (χ4v) is 6.02. The summed E-state index contributed by atoms with van der Waals surface area (Å²) in [5.74, 6) is -2.42. The molecule has 200 valence electrons. The molecular weight excluding hydrogens is 491 g/mol. The van der Waals surface area contributed by atoms with E-state index in [4.69, 9.17) is 10.5 Å². The zero-order valence-corrected chi connectivity index (χ0v) is 21.4. The van der Waals surface area contributed by atoms with E-state index in [0.29, 0.717) is 37.5 Å². The van der Waals surface area contributed by atoms with E-state index < -0.39 is 28.7 Å². The highest BCUT2D eigenvalue weighted by molar-refractivity contribution is 5.96. The molecule has 2 fully saturated rings. The second kappa shape index (κ2) is 11.3. The number of aromatic nitrogens is 2. The van der Waals surface area contributed by atoms with Gasteiger partial charge in [-0.05, 0) is 96.9 Å². The van der Waals surface area contributed by atoms with E-state index in [0.717, 1.165) is 36.5 Å². The number of ketones is 1. The Bertz CT molecular complexity index is 1290. The Labute approximate surface area is 220 Å². The molecule has 1 aromatic carbocycles. The van der Waals surface area contributed by atoms with Crippen molar-refractivity contribution >= 4 is 5.78 Å². The number of carbonyl (C=O) groups is 1. The summed E-state index contributed by atoms with van der Waals surface area (Å²) in [5, 5.41) is 0. The first kappa shape index (κ1) is 26.5. The lowest BCUT2D eigenvalue weighted by molar-refractivity contribution is 0.0852. The fourth-order valence-electron chi connectivity index (χ4n) is 6.02. The molecule has 1 saturated carbocycles. The van der Waals surface area contributed by atoms with Crippen molar-refractivity contribution in [2.45, 2.75) is 63.3 Å². The molecule has 2 N–H and O–H groups in total. The molecule has 3 aromatic rings. The van der Waals surface area contributed by atoms with E-state index >= 15 is 8.78 Å². The van der Waals surface area contributed by atoms with E-state index in [2.05, 4.69) is 16.9 Å². The summed E-state index contributed by atoms with van der Waals surface area (Å²) >= 11 is 0. The van der Waals surface area contributed by atoms with Gasteiger partial charge in [0, 0.05) is 38.1 Å². The third-order valence-corrected chi connectivity index (χ3v) is 7.84. The second-order valence-corrected chi connectivity index (χ2v) is 10.7. The van der Waals surface area contributed by atoms with Crippen LogP contribution >= 0.6 is 0 Å². The molecule has 1 aliphatic carbocycles. The number of halogens is 3. The SMILES string of the molecule is C[C@@H]1C[C@H](N)C[C@H](c2ccncc2CC(=O)c2ccc(F)c(-c3c(F)cc(C4CCOCC4)cc3F)n2)C1. The lowest BCUT2D eigenvalue weighted by atomic mass is 9.75. The lowest BCUT2D eigenvalue weighted by Gasteiger charge is -2.32. The Balaban J connectivity index is 1.42. The normalized spacial score (nSPS) is 22.4. The van der Waals surface area contributed by atoms with Crippen molar-refractivity contribution < 1.29 is 22.7 Å². The number of ether oxygens (including phenoxy) is 1. The van der Waals surface area contributed by atoms with Crippen LogP contribution in [0.4, 0.5) is 13.2 Å². The predicted octanol–water partition coefficient (Wildman–Crippen LogP) is 6.11. The summed E-state index contributed by atoms with van der Waals surface area (Å²) < 4.78 is 50.4. The standard InChI is InChI=1S/C30H32F3N3O2/c1-17-10-20(12-22(34)11-17)23-4-7-35-16-21(23)15-28(37)27-3-2-24(31)30(36-27)29-25(32)13-19(14-26(29)33)18-5-8-38-9-6-18/h2-4,7,13-14,16-18,20,22H,5-6,8-12,15,34H2,1H3/t17-,20+,22-/m0/s1. The van der Waals surface area contributed by atoms with Gasteiger partial charge >= 0.3 is 0 Å². The van der Waals surface area contributed by atoms with Crippen LogP contribution in [0, 0.1) is 23.4 Å². The number of pyridine rings is 2. The maximum atomic E-state index is 15.2. The second-order valence-electron chi connectivity index (χ2n) is 10.7. The first-order valence-electron chi connectivity index (χ1n) is 13.2. The summed E-state index contributed by atoms with van der Waals surface area (Å²) in [7, 11) is 0. The number of carbonyl (C=O) groups excluding carboxylic acids is 1. The lowest BCUT2D eigenvalue weighted by Crippen LogP contribution is -2.31. The van der Waals surface area contributed by atoms with Gasteiger partial charge in [0.2, 0.25) is 0 Å². The van der Waals surface area contributed by atoms with Gasteiger partial charge in [-0.15, -0.1) is 0 Å². The molecule has 3 heterocycles. The Hall–Kier alpha value is -3.10. The van der Waals surface area contributed by atoms with Crippen LogP contribution in [-0.4, -0.2) is 35.0 Å². The average Bonchev–Trinajstić information content (AvgIpc) is 2.89. The molecule has 0 unspecified atom stereocenters. The van der Waals surface area contributed by atoms with Gasteiger partial charge in [0.25, 0.3) is 0 Å². The number of rotatable bonds is 6. The smallest absolute Gasteiger partial charge is 0.185 e. The molecule has 5 rings (SSSR count). The van der Waals surface area contributed by atoms with Crippen LogP contribution in [-0.2, 0) is 11.2 Å². The van der Waals surface area contributed by atoms with Crippen LogP contribution in [0.1, 0.15) is 78.0 Å². The molecule has 38 heavy (non-hydrogen) atoms. The first-order valence-corrected chi connectivity index (χ1v) is 13.2. The molecule has 3 atom stereocenters. The Kier molecular flexibility index (Phi) is 7.91. The van der Waals surface area contributed by atoms with Crippen LogP contribution in [0.3, 0.4) is 0 Å². The van der Waals surface area contributed by atoms with Gasteiger partial charge in [-0.2, -0.15) is 0 Å². The van der Waals surface area contributed by atoms with Gasteiger partial charge in [-0.1, -0.05) is 6.92 Å². The van der Waals surface area contributed by atoms with Gasteiger partial charge < -0.3 is 10.5 Å². The predicted molar refractivity (Wildman–Crippen MR) is 138 cm³/mol. The zero-order chi connectivity index (χ0) is 26.8. The van der Waals surface area contributed by atoms with E-state index in [1.165, 1.54) is 18.2 Å².